The molecule has 0 radical (unpaired) electrons. The van der Waals surface area contributed by atoms with Crippen LogP contribution in [0.4, 0.5) is 15.8 Å². The van der Waals surface area contributed by atoms with Gasteiger partial charge in [0.25, 0.3) is 0 Å². The quantitative estimate of drug-likeness (QED) is 0.918. The van der Waals surface area contributed by atoms with Crippen molar-refractivity contribution < 1.29 is 9.13 Å². The molecule has 0 aliphatic heterocycles. The van der Waals surface area contributed by atoms with Crippen LogP contribution in [-0.4, -0.2) is 14.2 Å². The zero-order valence-electron chi connectivity index (χ0n) is 11.1. The zero-order valence-corrected chi connectivity index (χ0v) is 11.1. The largest absolute Gasteiger partial charge is 0.497 e. The van der Waals surface area contributed by atoms with Crippen molar-refractivity contribution in [2.24, 2.45) is 5.73 Å². The molecule has 0 atom stereocenters. The topological polar surface area (TPSA) is 38.5 Å². The van der Waals surface area contributed by atoms with Crippen LogP contribution in [0.3, 0.4) is 0 Å². The Kier molecular flexibility index (Phi) is 4.02. The Bertz CT molecular complexity index is 555. The molecule has 3 nitrogen and oxygen atoms in total. The van der Waals surface area contributed by atoms with Gasteiger partial charge >= 0.3 is 0 Å². The van der Waals surface area contributed by atoms with Crippen LogP contribution in [0.1, 0.15) is 5.56 Å². The van der Waals surface area contributed by atoms with E-state index >= 15 is 0 Å². The fourth-order valence-electron chi connectivity index (χ4n) is 1.89. The van der Waals surface area contributed by atoms with Gasteiger partial charge in [-0.3, -0.25) is 0 Å². The summed E-state index contributed by atoms with van der Waals surface area (Å²) in [6.07, 6.45) is 0. The van der Waals surface area contributed by atoms with E-state index in [1.165, 1.54) is 6.07 Å². The second-order valence-corrected chi connectivity index (χ2v) is 4.25. The molecule has 0 spiro atoms. The van der Waals surface area contributed by atoms with Gasteiger partial charge in [-0.25, -0.2) is 4.39 Å². The predicted molar refractivity (Wildman–Crippen MR) is 75.3 cm³/mol. The SMILES string of the molecule is COc1ccc(N(C)c2ccc(CN)cc2F)cc1. The van der Waals surface area contributed by atoms with Gasteiger partial charge in [0.05, 0.1) is 12.8 Å². The first kappa shape index (κ1) is 13.4. The number of anilines is 2. The number of benzene rings is 2. The minimum absolute atomic E-state index is 0.277. The smallest absolute Gasteiger partial charge is 0.147 e. The van der Waals surface area contributed by atoms with Crippen molar-refractivity contribution in [3.05, 3.63) is 53.8 Å². The molecule has 2 aromatic rings. The third-order valence-electron chi connectivity index (χ3n) is 3.07. The molecule has 0 heterocycles. The summed E-state index contributed by atoms with van der Waals surface area (Å²) in [6.45, 7) is 0.337. The molecule has 100 valence electrons. The lowest BCUT2D eigenvalue weighted by Gasteiger charge is -2.20. The number of methoxy groups -OCH3 is 1. The lowest BCUT2D eigenvalue weighted by Crippen LogP contribution is -2.11. The molecule has 0 fully saturated rings. The van der Waals surface area contributed by atoms with Gasteiger partial charge in [-0.2, -0.15) is 0 Å². The second-order valence-electron chi connectivity index (χ2n) is 4.25. The van der Waals surface area contributed by atoms with Crippen LogP contribution in [0.2, 0.25) is 0 Å². The number of nitrogens with zero attached hydrogens (tertiary/aromatic N) is 1. The Morgan fingerprint density at radius 1 is 1.16 bits per heavy atom. The van der Waals surface area contributed by atoms with E-state index in [-0.39, 0.29) is 5.82 Å². The number of halogens is 1. The van der Waals surface area contributed by atoms with E-state index in [1.54, 1.807) is 18.1 Å². The van der Waals surface area contributed by atoms with Gasteiger partial charge in [-0.15, -0.1) is 0 Å². The second kappa shape index (κ2) is 5.71. The number of hydrogen-bond acceptors (Lipinski definition) is 3. The van der Waals surface area contributed by atoms with Gasteiger partial charge in [-0.05, 0) is 42.0 Å². The normalized spacial score (nSPS) is 10.3. The summed E-state index contributed by atoms with van der Waals surface area (Å²) < 4.78 is 19.1. The minimum Gasteiger partial charge on any atom is -0.497 e. The molecule has 0 aromatic heterocycles. The molecular weight excluding hydrogens is 243 g/mol. The highest BCUT2D eigenvalue weighted by molar-refractivity contribution is 5.63. The maximum atomic E-state index is 14.0. The van der Waals surface area contributed by atoms with Crippen LogP contribution in [-0.2, 0) is 6.54 Å². The van der Waals surface area contributed by atoms with Crippen LogP contribution in [0.15, 0.2) is 42.5 Å². The van der Waals surface area contributed by atoms with Gasteiger partial charge in [0.15, 0.2) is 0 Å². The Balaban J connectivity index is 2.29. The molecule has 4 heteroatoms. The summed E-state index contributed by atoms with van der Waals surface area (Å²) in [5.41, 5.74) is 7.68. The minimum atomic E-state index is -0.277. The van der Waals surface area contributed by atoms with Gasteiger partial charge in [-0.1, -0.05) is 6.07 Å². The first-order valence-corrected chi connectivity index (χ1v) is 6.02. The van der Waals surface area contributed by atoms with Gasteiger partial charge in [0.2, 0.25) is 0 Å². The number of ether oxygens (including phenoxy) is 1. The average Bonchev–Trinajstić information content (AvgIpc) is 2.46. The molecule has 2 N–H and O–H groups in total. The van der Waals surface area contributed by atoms with E-state index in [4.69, 9.17) is 10.5 Å². The first-order chi connectivity index (χ1) is 9.15. The van der Waals surface area contributed by atoms with E-state index in [0.717, 1.165) is 17.0 Å². The van der Waals surface area contributed by atoms with Crippen molar-refractivity contribution in [3.8, 4) is 5.75 Å². The molecule has 0 amide bonds. The summed E-state index contributed by atoms with van der Waals surface area (Å²) in [5.74, 6) is 0.498. The standard InChI is InChI=1S/C15H17FN2O/c1-18(12-4-6-13(19-2)7-5-12)15-8-3-11(10-17)9-14(15)16/h3-9H,10,17H2,1-2H3. The van der Waals surface area contributed by atoms with Gasteiger partial charge in [0.1, 0.15) is 11.6 Å². The number of nitrogens with two attached hydrogens (primary N) is 1. The third kappa shape index (κ3) is 2.85. The molecule has 0 aliphatic rings. The maximum absolute atomic E-state index is 14.0. The van der Waals surface area contributed by atoms with Crippen molar-refractivity contribution in [3.63, 3.8) is 0 Å². The zero-order chi connectivity index (χ0) is 13.8. The molecule has 19 heavy (non-hydrogen) atoms. The molecule has 0 bridgehead atoms. The highest BCUT2D eigenvalue weighted by Crippen LogP contribution is 2.28. The van der Waals surface area contributed by atoms with Crippen LogP contribution in [0, 0.1) is 5.82 Å². The summed E-state index contributed by atoms with van der Waals surface area (Å²) >= 11 is 0. The summed E-state index contributed by atoms with van der Waals surface area (Å²) in [5, 5.41) is 0. The molecule has 0 saturated carbocycles. The monoisotopic (exact) mass is 260 g/mol. The van der Waals surface area contributed by atoms with Crippen LogP contribution in [0.25, 0.3) is 0 Å². The third-order valence-corrected chi connectivity index (χ3v) is 3.07. The van der Waals surface area contributed by atoms with Crippen LogP contribution in [0.5, 0.6) is 5.75 Å². The van der Waals surface area contributed by atoms with Crippen LogP contribution >= 0.6 is 0 Å². The van der Waals surface area contributed by atoms with E-state index in [1.807, 2.05) is 37.4 Å². The van der Waals surface area contributed by atoms with Crippen LogP contribution < -0.4 is 15.4 Å². The lowest BCUT2D eigenvalue weighted by molar-refractivity contribution is 0.415. The molecule has 2 aromatic carbocycles. The van der Waals surface area contributed by atoms with E-state index < -0.39 is 0 Å². The highest BCUT2D eigenvalue weighted by Gasteiger charge is 2.10. The first-order valence-electron chi connectivity index (χ1n) is 6.02. The molecule has 0 saturated heterocycles. The molecule has 0 unspecified atom stereocenters. The average molecular weight is 260 g/mol. The van der Waals surface area contributed by atoms with E-state index in [2.05, 4.69) is 0 Å². The summed E-state index contributed by atoms with van der Waals surface area (Å²) in [7, 11) is 3.44. The fraction of sp³-hybridized carbons (Fsp3) is 0.200. The Morgan fingerprint density at radius 3 is 2.37 bits per heavy atom. The molecular formula is C15H17FN2O. The van der Waals surface area contributed by atoms with E-state index in [9.17, 15) is 4.39 Å². The Hall–Kier alpha value is -2.07. The van der Waals surface area contributed by atoms with Crippen molar-refractivity contribution in [1.29, 1.82) is 0 Å². The number of hydrogen-bond donors (Lipinski definition) is 1. The van der Waals surface area contributed by atoms with Gasteiger partial charge in [0, 0.05) is 19.3 Å². The van der Waals surface area contributed by atoms with Crippen molar-refractivity contribution in [2.45, 2.75) is 6.54 Å². The Morgan fingerprint density at radius 2 is 1.84 bits per heavy atom. The van der Waals surface area contributed by atoms with E-state index in [0.29, 0.717) is 12.2 Å². The fourth-order valence-corrected chi connectivity index (χ4v) is 1.89. The summed E-state index contributed by atoms with van der Waals surface area (Å²) in [4.78, 5) is 1.79. The Labute approximate surface area is 112 Å². The lowest BCUT2D eigenvalue weighted by atomic mass is 10.1. The van der Waals surface area contributed by atoms with Gasteiger partial charge < -0.3 is 15.4 Å². The van der Waals surface area contributed by atoms with Crippen molar-refractivity contribution >= 4 is 11.4 Å². The molecule has 0 aliphatic carbocycles. The van der Waals surface area contributed by atoms with Crippen molar-refractivity contribution in [2.75, 3.05) is 19.1 Å². The van der Waals surface area contributed by atoms with Crippen molar-refractivity contribution in [1.82, 2.24) is 0 Å². The number of rotatable bonds is 4. The molecule has 2 rings (SSSR count). The summed E-state index contributed by atoms with van der Waals surface area (Å²) in [6, 6.07) is 12.5. The highest BCUT2D eigenvalue weighted by atomic mass is 19.1. The predicted octanol–water partition coefficient (Wildman–Crippen LogP) is 3.06. The maximum Gasteiger partial charge on any atom is 0.147 e.